The molecule has 1 amide bonds. The number of aromatic nitrogens is 1. The third-order valence-electron chi connectivity index (χ3n) is 4.72. The van der Waals surface area contributed by atoms with Gasteiger partial charge in [0.1, 0.15) is 5.82 Å². The molecule has 1 aromatic heterocycles. The van der Waals surface area contributed by atoms with E-state index in [1.807, 2.05) is 32.3 Å². The molecule has 0 saturated carbocycles. The van der Waals surface area contributed by atoms with Gasteiger partial charge in [0.25, 0.3) is 5.91 Å². The Bertz CT molecular complexity index is 1080. The van der Waals surface area contributed by atoms with Crippen LogP contribution in [0.15, 0.2) is 60.3 Å². The van der Waals surface area contributed by atoms with Gasteiger partial charge < -0.3 is 15.2 Å². The number of nitrogens with one attached hydrogen (secondary N) is 2. The fraction of sp³-hybridized carbons (Fsp3) is 0.136. The van der Waals surface area contributed by atoms with Crippen molar-refractivity contribution in [3.8, 4) is 0 Å². The molecular formula is C22H21ClFN3O. The van der Waals surface area contributed by atoms with Crippen LogP contribution in [0.3, 0.4) is 0 Å². The van der Waals surface area contributed by atoms with E-state index in [9.17, 15) is 9.18 Å². The van der Waals surface area contributed by atoms with Crippen molar-refractivity contribution in [2.75, 3.05) is 19.0 Å². The fourth-order valence-electron chi connectivity index (χ4n) is 3.38. The summed E-state index contributed by atoms with van der Waals surface area (Å²) in [5.41, 5.74) is 5.51. The van der Waals surface area contributed by atoms with Crippen molar-refractivity contribution in [1.29, 1.82) is 0 Å². The van der Waals surface area contributed by atoms with E-state index >= 15 is 0 Å². The first-order valence-corrected chi connectivity index (χ1v) is 8.79. The maximum Gasteiger partial charge on any atom is 0.255 e. The van der Waals surface area contributed by atoms with E-state index in [1.54, 1.807) is 0 Å². The molecule has 28 heavy (non-hydrogen) atoms. The minimum atomic E-state index is -0.362. The van der Waals surface area contributed by atoms with Gasteiger partial charge in [-0.3, -0.25) is 4.79 Å². The SMILES string of the molecule is CN(C)c1cccc2c3c([nH]c12)C=C(NC(=O)c1ccc(F)cc1)C=CC3.Cl. The number of halogens is 2. The summed E-state index contributed by atoms with van der Waals surface area (Å²) in [6, 6.07) is 11.8. The molecule has 6 heteroatoms. The van der Waals surface area contributed by atoms with Crippen LogP contribution in [0, 0.1) is 5.82 Å². The van der Waals surface area contributed by atoms with Crippen LogP contribution in [0.1, 0.15) is 21.6 Å². The van der Waals surface area contributed by atoms with E-state index in [4.69, 9.17) is 0 Å². The number of rotatable bonds is 3. The van der Waals surface area contributed by atoms with E-state index in [0.29, 0.717) is 11.3 Å². The third-order valence-corrected chi connectivity index (χ3v) is 4.72. The molecule has 0 aliphatic heterocycles. The molecule has 0 atom stereocenters. The molecule has 2 N–H and O–H groups in total. The van der Waals surface area contributed by atoms with Gasteiger partial charge in [0.2, 0.25) is 0 Å². The summed E-state index contributed by atoms with van der Waals surface area (Å²) in [5.74, 6) is -0.626. The topological polar surface area (TPSA) is 48.1 Å². The van der Waals surface area contributed by atoms with Crippen molar-refractivity contribution in [1.82, 2.24) is 10.3 Å². The fourth-order valence-corrected chi connectivity index (χ4v) is 3.38. The molecule has 4 rings (SSSR count). The molecule has 2 aromatic carbocycles. The van der Waals surface area contributed by atoms with Crippen LogP contribution in [0.2, 0.25) is 0 Å². The summed E-state index contributed by atoms with van der Waals surface area (Å²) in [5, 5.41) is 4.08. The van der Waals surface area contributed by atoms with Crippen molar-refractivity contribution in [3.63, 3.8) is 0 Å². The lowest BCUT2D eigenvalue weighted by Crippen LogP contribution is -2.21. The molecule has 4 nitrogen and oxygen atoms in total. The number of carbonyl (C=O) groups excluding carboxylic acids is 1. The zero-order valence-electron chi connectivity index (χ0n) is 15.6. The van der Waals surface area contributed by atoms with Crippen molar-refractivity contribution in [3.05, 3.63) is 83.0 Å². The number of aromatic amines is 1. The smallest absolute Gasteiger partial charge is 0.255 e. The van der Waals surface area contributed by atoms with Crippen molar-refractivity contribution < 1.29 is 9.18 Å². The quantitative estimate of drug-likeness (QED) is 0.674. The lowest BCUT2D eigenvalue weighted by Gasteiger charge is -2.13. The first-order valence-electron chi connectivity index (χ1n) is 8.79. The molecule has 144 valence electrons. The summed E-state index contributed by atoms with van der Waals surface area (Å²) in [6.45, 7) is 0. The van der Waals surface area contributed by atoms with E-state index in [2.05, 4.69) is 33.4 Å². The highest BCUT2D eigenvalue weighted by molar-refractivity contribution is 5.98. The number of anilines is 1. The minimum absolute atomic E-state index is 0. The van der Waals surface area contributed by atoms with Crippen molar-refractivity contribution in [2.45, 2.75) is 6.42 Å². The second-order valence-electron chi connectivity index (χ2n) is 6.78. The molecule has 1 heterocycles. The van der Waals surface area contributed by atoms with Gasteiger partial charge in [-0.25, -0.2) is 4.39 Å². The molecule has 0 fully saturated rings. The van der Waals surface area contributed by atoms with Gasteiger partial charge >= 0.3 is 0 Å². The zero-order chi connectivity index (χ0) is 19.0. The molecule has 0 bridgehead atoms. The van der Waals surface area contributed by atoms with Gasteiger partial charge in [-0.15, -0.1) is 12.4 Å². The normalized spacial score (nSPS) is 12.6. The monoisotopic (exact) mass is 397 g/mol. The van der Waals surface area contributed by atoms with Crippen LogP contribution in [0.4, 0.5) is 10.1 Å². The Morgan fingerprint density at radius 2 is 1.89 bits per heavy atom. The number of benzene rings is 2. The van der Waals surface area contributed by atoms with Gasteiger partial charge in [-0.1, -0.05) is 18.2 Å². The Kier molecular flexibility index (Phi) is 5.56. The predicted octanol–water partition coefficient (Wildman–Crippen LogP) is 4.68. The highest BCUT2D eigenvalue weighted by Crippen LogP contribution is 2.32. The average molecular weight is 398 g/mol. The predicted molar refractivity (Wildman–Crippen MR) is 115 cm³/mol. The van der Waals surface area contributed by atoms with Crippen molar-refractivity contribution >= 4 is 41.0 Å². The van der Waals surface area contributed by atoms with E-state index in [0.717, 1.165) is 23.3 Å². The third kappa shape index (κ3) is 3.66. The number of hydrogen-bond donors (Lipinski definition) is 2. The largest absolute Gasteiger partial charge is 0.376 e. The zero-order valence-corrected chi connectivity index (χ0v) is 16.4. The molecule has 1 aliphatic carbocycles. The van der Waals surface area contributed by atoms with Gasteiger partial charge in [-0.05, 0) is 54.5 Å². The number of fused-ring (bicyclic) bond motifs is 3. The Hall–Kier alpha value is -3.05. The lowest BCUT2D eigenvalue weighted by molar-refractivity contribution is 0.0967. The average Bonchev–Trinajstić information content (AvgIpc) is 2.87. The second-order valence-corrected chi connectivity index (χ2v) is 6.78. The van der Waals surface area contributed by atoms with Crippen LogP contribution in [-0.4, -0.2) is 25.0 Å². The molecule has 1 aliphatic rings. The summed E-state index contributed by atoms with van der Waals surface area (Å²) in [6.07, 6.45) is 6.66. The Balaban J connectivity index is 0.00000225. The summed E-state index contributed by atoms with van der Waals surface area (Å²) >= 11 is 0. The lowest BCUT2D eigenvalue weighted by atomic mass is 10.1. The highest BCUT2D eigenvalue weighted by Gasteiger charge is 2.16. The highest BCUT2D eigenvalue weighted by atomic mass is 35.5. The molecule has 0 spiro atoms. The summed E-state index contributed by atoms with van der Waals surface area (Å²) in [4.78, 5) is 18.0. The van der Waals surface area contributed by atoms with Crippen LogP contribution >= 0.6 is 12.4 Å². The molecule has 3 aromatic rings. The van der Waals surface area contributed by atoms with Crippen LogP contribution in [-0.2, 0) is 6.42 Å². The van der Waals surface area contributed by atoms with Gasteiger partial charge in [0.05, 0.1) is 11.2 Å². The van der Waals surface area contributed by atoms with Gasteiger partial charge in [-0.2, -0.15) is 0 Å². The molecule has 0 radical (unpaired) electrons. The number of H-pyrrole nitrogens is 1. The van der Waals surface area contributed by atoms with Crippen LogP contribution < -0.4 is 10.2 Å². The number of nitrogens with zero attached hydrogens (tertiary/aromatic N) is 1. The van der Waals surface area contributed by atoms with Crippen LogP contribution in [0.25, 0.3) is 17.0 Å². The standard InChI is InChI=1S/C22H20FN3O.ClH/c1-26(2)20-8-4-7-18-17-6-3-5-16(13-19(17)25-21(18)20)24-22(27)14-9-11-15(23)12-10-14;/h3-5,7-13,25H,6H2,1-2H3,(H,24,27);1H. The first-order chi connectivity index (χ1) is 13.0. The van der Waals surface area contributed by atoms with E-state index in [-0.39, 0.29) is 24.1 Å². The number of carbonyl (C=O) groups is 1. The van der Waals surface area contributed by atoms with Crippen molar-refractivity contribution in [2.24, 2.45) is 0 Å². The maximum absolute atomic E-state index is 13.1. The number of amides is 1. The summed E-state index contributed by atoms with van der Waals surface area (Å²) < 4.78 is 13.1. The van der Waals surface area contributed by atoms with E-state index < -0.39 is 0 Å². The molecule has 0 unspecified atom stereocenters. The molecule has 0 saturated heterocycles. The number of allylic oxidation sites excluding steroid dienone is 2. The number of hydrogen-bond acceptors (Lipinski definition) is 2. The van der Waals surface area contributed by atoms with Gasteiger partial charge in [0.15, 0.2) is 0 Å². The maximum atomic E-state index is 13.1. The van der Waals surface area contributed by atoms with E-state index in [1.165, 1.54) is 35.2 Å². The Morgan fingerprint density at radius 1 is 1.14 bits per heavy atom. The Morgan fingerprint density at radius 3 is 2.61 bits per heavy atom. The minimum Gasteiger partial charge on any atom is -0.376 e. The van der Waals surface area contributed by atoms with Gasteiger partial charge in [0, 0.05) is 36.4 Å². The summed E-state index contributed by atoms with van der Waals surface area (Å²) in [7, 11) is 4.04. The second kappa shape index (κ2) is 7.90. The van der Waals surface area contributed by atoms with Crippen LogP contribution in [0.5, 0.6) is 0 Å². The first kappa shape index (κ1) is 19.7. The number of para-hydroxylation sites is 1. The Labute approximate surface area is 169 Å². The molecular weight excluding hydrogens is 377 g/mol.